The van der Waals surface area contributed by atoms with Gasteiger partial charge in [-0.3, -0.25) is 0 Å². The van der Waals surface area contributed by atoms with Crippen LogP contribution in [0.5, 0.6) is 11.5 Å². The fourth-order valence-corrected chi connectivity index (χ4v) is 2.58. The summed E-state index contributed by atoms with van der Waals surface area (Å²) in [5.41, 5.74) is 1.82. The average Bonchev–Trinajstić information content (AvgIpc) is 2.97. The monoisotopic (exact) mass is 342 g/mol. The number of hydrogen-bond acceptors (Lipinski definition) is 4. The molecule has 0 N–H and O–H groups in total. The van der Waals surface area contributed by atoms with E-state index in [0.717, 1.165) is 5.56 Å². The van der Waals surface area contributed by atoms with Crippen LogP contribution in [-0.4, -0.2) is 20.2 Å². The molecule has 0 atom stereocenters. The maximum absolute atomic E-state index is 12.2. The Morgan fingerprint density at radius 3 is 2.58 bits per heavy atom. The zero-order valence-electron chi connectivity index (χ0n) is 13.2. The molecular weight excluding hydrogens is 328 g/mol. The van der Waals surface area contributed by atoms with E-state index in [1.54, 1.807) is 50.6 Å². The van der Waals surface area contributed by atoms with Crippen LogP contribution in [0.2, 0.25) is 5.02 Å². The Morgan fingerprint density at radius 2 is 1.88 bits per heavy atom. The van der Waals surface area contributed by atoms with E-state index >= 15 is 0 Å². The highest BCUT2D eigenvalue weighted by Crippen LogP contribution is 2.35. The van der Waals surface area contributed by atoms with Gasteiger partial charge in [-0.05, 0) is 42.0 Å². The first-order valence-electron chi connectivity index (χ1n) is 7.25. The number of esters is 1. The molecule has 2 aromatic rings. The summed E-state index contributed by atoms with van der Waals surface area (Å²) < 4.78 is 15.9. The van der Waals surface area contributed by atoms with Crippen LogP contribution in [0.3, 0.4) is 0 Å². The van der Waals surface area contributed by atoms with Crippen molar-refractivity contribution < 1.29 is 19.0 Å². The van der Waals surface area contributed by atoms with Crippen molar-refractivity contribution >= 4 is 29.4 Å². The van der Waals surface area contributed by atoms with Crippen molar-refractivity contribution in [2.24, 2.45) is 0 Å². The number of hydrogen-bond donors (Lipinski definition) is 0. The molecule has 0 radical (unpaired) electrons. The summed E-state index contributed by atoms with van der Waals surface area (Å²) in [5.74, 6) is 1.21. The topological polar surface area (TPSA) is 44.8 Å². The summed E-state index contributed by atoms with van der Waals surface area (Å²) in [6.07, 6.45) is 3.37. The Morgan fingerprint density at radius 1 is 1.08 bits per heavy atom. The van der Waals surface area contributed by atoms with Crippen LogP contribution in [0.25, 0.3) is 11.8 Å². The minimum absolute atomic E-state index is 0.411. The molecule has 1 heterocycles. The number of rotatable bonds is 4. The van der Waals surface area contributed by atoms with Crippen molar-refractivity contribution in [3.63, 3.8) is 0 Å². The molecule has 24 heavy (non-hydrogen) atoms. The molecule has 1 aliphatic rings. The predicted octanol–water partition coefficient (Wildman–Crippen LogP) is 4.34. The predicted molar refractivity (Wildman–Crippen MR) is 93.0 cm³/mol. The number of halogens is 1. The maximum atomic E-state index is 12.2. The van der Waals surface area contributed by atoms with Crippen LogP contribution in [0.1, 0.15) is 11.1 Å². The quantitative estimate of drug-likeness (QED) is 0.612. The van der Waals surface area contributed by atoms with E-state index in [-0.39, 0.29) is 0 Å². The summed E-state index contributed by atoms with van der Waals surface area (Å²) in [6.45, 7) is 0. The van der Waals surface area contributed by atoms with Gasteiger partial charge in [-0.15, -0.1) is 0 Å². The molecule has 0 saturated carbocycles. The minimum atomic E-state index is -0.435. The van der Waals surface area contributed by atoms with Crippen molar-refractivity contribution in [1.29, 1.82) is 0 Å². The molecule has 5 heteroatoms. The summed E-state index contributed by atoms with van der Waals surface area (Å²) in [6, 6.07) is 12.6. The summed E-state index contributed by atoms with van der Waals surface area (Å²) >= 11 is 6.14. The lowest BCUT2D eigenvalue weighted by Gasteiger charge is -2.10. The Balaban J connectivity index is 2.02. The maximum Gasteiger partial charge on any atom is 0.343 e. The van der Waals surface area contributed by atoms with Crippen molar-refractivity contribution in [2.75, 3.05) is 14.2 Å². The molecule has 0 bridgehead atoms. The smallest absolute Gasteiger partial charge is 0.343 e. The van der Waals surface area contributed by atoms with Crippen LogP contribution >= 0.6 is 11.6 Å². The van der Waals surface area contributed by atoms with Crippen LogP contribution < -0.4 is 9.47 Å². The van der Waals surface area contributed by atoms with Gasteiger partial charge in [-0.2, -0.15) is 0 Å². The molecule has 0 spiro atoms. The summed E-state index contributed by atoms with van der Waals surface area (Å²) in [7, 11) is 3.13. The largest absolute Gasteiger partial charge is 0.497 e. The van der Waals surface area contributed by atoms with Gasteiger partial charge in [-0.1, -0.05) is 29.8 Å². The van der Waals surface area contributed by atoms with Crippen LogP contribution in [0.15, 0.2) is 54.1 Å². The van der Waals surface area contributed by atoms with Gasteiger partial charge in [0.2, 0.25) is 0 Å². The molecule has 0 saturated heterocycles. The first-order chi connectivity index (χ1) is 11.6. The lowest BCUT2D eigenvalue weighted by molar-refractivity contribution is -0.130. The lowest BCUT2D eigenvalue weighted by Crippen LogP contribution is -1.99. The van der Waals surface area contributed by atoms with Crippen molar-refractivity contribution in [1.82, 2.24) is 0 Å². The Hall–Kier alpha value is -2.72. The molecule has 1 aliphatic heterocycles. The van der Waals surface area contributed by atoms with Crippen LogP contribution in [-0.2, 0) is 9.53 Å². The Labute approximate surface area is 144 Å². The van der Waals surface area contributed by atoms with E-state index in [4.69, 9.17) is 25.8 Å². The molecule has 0 aliphatic carbocycles. The van der Waals surface area contributed by atoms with Crippen molar-refractivity contribution in [3.05, 3.63) is 70.3 Å². The minimum Gasteiger partial charge on any atom is -0.497 e. The molecule has 0 amide bonds. The van der Waals surface area contributed by atoms with Gasteiger partial charge >= 0.3 is 5.97 Å². The van der Waals surface area contributed by atoms with Gasteiger partial charge in [0.25, 0.3) is 0 Å². The Bertz CT molecular complexity index is 852. The number of ether oxygens (including phenoxy) is 3. The van der Waals surface area contributed by atoms with Crippen LogP contribution in [0, 0.1) is 0 Å². The van der Waals surface area contributed by atoms with Crippen molar-refractivity contribution in [3.8, 4) is 11.5 Å². The van der Waals surface area contributed by atoms with Crippen LogP contribution in [0.4, 0.5) is 0 Å². The lowest BCUT2D eigenvalue weighted by atomic mass is 10.1. The van der Waals surface area contributed by atoms with Gasteiger partial charge in [0.15, 0.2) is 0 Å². The first-order valence-corrected chi connectivity index (χ1v) is 7.62. The number of cyclic esters (lactones) is 1. The second-order valence-electron chi connectivity index (χ2n) is 5.09. The van der Waals surface area contributed by atoms with E-state index in [1.807, 2.05) is 18.2 Å². The average molecular weight is 343 g/mol. The zero-order valence-corrected chi connectivity index (χ0v) is 14.0. The van der Waals surface area contributed by atoms with Crippen molar-refractivity contribution in [2.45, 2.75) is 0 Å². The molecule has 2 aromatic carbocycles. The highest BCUT2D eigenvalue weighted by Gasteiger charge is 2.24. The second kappa shape index (κ2) is 6.81. The zero-order chi connectivity index (χ0) is 17.1. The van der Waals surface area contributed by atoms with E-state index in [0.29, 0.717) is 33.4 Å². The van der Waals surface area contributed by atoms with Gasteiger partial charge < -0.3 is 14.2 Å². The third kappa shape index (κ3) is 3.14. The third-order valence-corrected chi connectivity index (χ3v) is 3.96. The van der Waals surface area contributed by atoms with E-state index in [1.165, 1.54) is 0 Å². The van der Waals surface area contributed by atoms with E-state index in [9.17, 15) is 4.79 Å². The molecule has 4 nitrogen and oxygen atoms in total. The SMILES string of the molecule is COc1ccc(OC)c(C2=C/C(=C\c3ccccc3Cl)C(=O)O2)c1. The molecule has 122 valence electrons. The highest BCUT2D eigenvalue weighted by atomic mass is 35.5. The highest BCUT2D eigenvalue weighted by molar-refractivity contribution is 6.32. The molecule has 0 fully saturated rings. The molecule has 0 aromatic heterocycles. The van der Waals surface area contributed by atoms with Gasteiger partial charge in [-0.25, -0.2) is 4.79 Å². The summed E-state index contributed by atoms with van der Waals surface area (Å²) in [4.78, 5) is 12.2. The fraction of sp³-hybridized carbons (Fsp3) is 0.105. The first kappa shape index (κ1) is 16.1. The summed E-state index contributed by atoms with van der Waals surface area (Å²) in [5, 5.41) is 0.568. The van der Waals surface area contributed by atoms with E-state index < -0.39 is 5.97 Å². The fourth-order valence-electron chi connectivity index (χ4n) is 2.39. The number of methoxy groups -OCH3 is 2. The standard InChI is InChI=1S/C19H15ClO4/c1-22-14-7-8-17(23-2)15(11-14)18-10-13(19(21)24-18)9-12-5-3-4-6-16(12)20/h3-11H,1-2H3/b13-9+. The number of carbonyl (C=O) groups is 1. The van der Waals surface area contributed by atoms with Gasteiger partial charge in [0, 0.05) is 5.02 Å². The normalized spacial score (nSPS) is 15.2. The third-order valence-electron chi connectivity index (χ3n) is 3.61. The van der Waals surface area contributed by atoms with E-state index in [2.05, 4.69) is 0 Å². The molecule has 0 unspecified atom stereocenters. The van der Waals surface area contributed by atoms with Gasteiger partial charge in [0.05, 0.1) is 25.4 Å². The number of benzene rings is 2. The molecule has 3 rings (SSSR count). The second-order valence-corrected chi connectivity index (χ2v) is 5.49. The Kier molecular flexibility index (Phi) is 4.58. The number of carbonyl (C=O) groups excluding carboxylic acids is 1. The van der Waals surface area contributed by atoms with Gasteiger partial charge in [0.1, 0.15) is 17.3 Å². The molecular formula is C19H15ClO4.